The van der Waals surface area contributed by atoms with E-state index in [4.69, 9.17) is 0 Å². The summed E-state index contributed by atoms with van der Waals surface area (Å²) in [5.74, 6) is 0. The average molecular weight is 256 g/mol. The average Bonchev–Trinajstić information content (AvgIpc) is 2.23. The monoisotopic (exact) mass is 255 g/mol. The zero-order chi connectivity index (χ0) is 10.1. The molecule has 0 aliphatic rings. The lowest BCUT2D eigenvalue weighted by Crippen LogP contribution is -2.19. The third-order valence-corrected chi connectivity index (χ3v) is 2.35. The molecule has 1 aromatic carbocycles. The second kappa shape index (κ2) is 3.30. The van der Waals surface area contributed by atoms with E-state index in [2.05, 4.69) is 30.7 Å². The maximum Gasteiger partial charge on any atom is 0.272 e. The predicted molar refractivity (Wildman–Crippen MR) is 57.7 cm³/mol. The lowest BCUT2D eigenvalue weighted by molar-refractivity contribution is 0.977. The largest absolute Gasteiger partial charge is 0.322 e. The first-order valence-corrected chi connectivity index (χ1v) is 4.63. The number of rotatable bonds is 1. The van der Waals surface area contributed by atoms with Crippen molar-refractivity contribution < 1.29 is 0 Å². The van der Waals surface area contributed by atoms with E-state index in [1.807, 2.05) is 0 Å². The molecule has 2 rings (SSSR count). The molecule has 0 amide bonds. The van der Waals surface area contributed by atoms with Gasteiger partial charge >= 0.3 is 0 Å². The summed E-state index contributed by atoms with van der Waals surface area (Å²) in [6, 6.07) is 4.99. The molecule has 1 heterocycles. The molecule has 1 aromatic heterocycles. The van der Waals surface area contributed by atoms with Gasteiger partial charge in [-0.05, 0) is 12.1 Å². The van der Waals surface area contributed by atoms with Crippen LogP contribution in [0.1, 0.15) is 0 Å². The van der Waals surface area contributed by atoms with Crippen LogP contribution in [0.5, 0.6) is 0 Å². The fourth-order valence-electron chi connectivity index (χ4n) is 1.31. The number of H-pyrrole nitrogens is 2. The first kappa shape index (κ1) is 9.01. The number of anilines is 1. The van der Waals surface area contributed by atoms with Crippen LogP contribution in [0.4, 0.5) is 5.69 Å². The molecule has 0 bridgehead atoms. The van der Waals surface area contributed by atoms with Crippen LogP contribution in [0.15, 0.2) is 27.8 Å². The minimum absolute atomic E-state index is 0.316. The summed E-state index contributed by atoms with van der Waals surface area (Å²) in [6.45, 7) is 0. The van der Waals surface area contributed by atoms with Gasteiger partial charge in [0.1, 0.15) is 0 Å². The minimum atomic E-state index is -0.331. The highest BCUT2D eigenvalue weighted by molar-refractivity contribution is 9.10. The highest BCUT2D eigenvalue weighted by Crippen LogP contribution is 2.17. The minimum Gasteiger partial charge on any atom is -0.322 e. The van der Waals surface area contributed by atoms with Crippen LogP contribution in [0.2, 0.25) is 0 Å². The fraction of sp³-hybridized carbons (Fsp3) is 0. The molecule has 0 saturated heterocycles. The molecule has 3 N–H and O–H groups in total. The van der Waals surface area contributed by atoms with Gasteiger partial charge in [-0.3, -0.25) is 19.8 Å². The smallest absolute Gasteiger partial charge is 0.272 e. The van der Waals surface area contributed by atoms with Gasteiger partial charge in [0.15, 0.2) is 0 Å². The molecule has 0 aliphatic heterocycles. The van der Waals surface area contributed by atoms with E-state index in [1.165, 1.54) is 0 Å². The molecular formula is C8H6BrN3O2. The summed E-state index contributed by atoms with van der Waals surface area (Å²) >= 11 is 3.02. The topological polar surface area (TPSA) is 77.8 Å². The van der Waals surface area contributed by atoms with E-state index in [0.717, 1.165) is 0 Å². The Balaban J connectivity index is 3.07. The SMILES string of the molecule is O=c1[nH][nH]c(=O)c2c(NBr)cccc12. The van der Waals surface area contributed by atoms with Crippen molar-refractivity contribution in [3.8, 4) is 0 Å². The maximum absolute atomic E-state index is 11.4. The molecule has 0 spiro atoms. The van der Waals surface area contributed by atoms with E-state index >= 15 is 0 Å². The van der Waals surface area contributed by atoms with Gasteiger partial charge in [-0.25, -0.2) is 0 Å². The fourth-order valence-corrected chi connectivity index (χ4v) is 1.64. The summed E-state index contributed by atoms with van der Waals surface area (Å²) in [5, 5.41) is 5.22. The molecule has 0 fully saturated rings. The molecule has 0 atom stereocenters. The Hall–Kier alpha value is -1.56. The maximum atomic E-state index is 11.4. The number of halogens is 1. The first-order chi connectivity index (χ1) is 6.74. The van der Waals surface area contributed by atoms with Crippen molar-refractivity contribution in [3.63, 3.8) is 0 Å². The van der Waals surface area contributed by atoms with Crippen LogP contribution < -0.4 is 15.5 Å². The Kier molecular flexibility index (Phi) is 2.12. The molecule has 14 heavy (non-hydrogen) atoms. The van der Waals surface area contributed by atoms with Gasteiger partial charge in [-0.2, -0.15) is 0 Å². The predicted octanol–water partition coefficient (Wildman–Crippen LogP) is 0.938. The van der Waals surface area contributed by atoms with Crippen LogP contribution in [-0.2, 0) is 0 Å². The third kappa shape index (κ3) is 1.24. The summed E-state index contributed by atoms with van der Waals surface area (Å²) in [7, 11) is 0. The third-order valence-electron chi connectivity index (χ3n) is 1.93. The number of aromatic amines is 2. The van der Waals surface area contributed by atoms with Crippen molar-refractivity contribution in [2.45, 2.75) is 0 Å². The number of fused-ring (bicyclic) bond motifs is 1. The number of hydrogen-bond donors (Lipinski definition) is 3. The van der Waals surface area contributed by atoms with E-state index in [-0.39, 0.29) is 11.1 Å². The molecule has 0 saturated carbocycles. The van der Waals surface area contributed by atoms with Gasteiger partial charge in [-0.15, -0.1) is 0 Å². The van der Waals surface area contributed by atoms with Crippen LogP contribution in [0, 0.1) is 0 Å². The Morgan fingerprint density at radius 1 is 1.14 bits per heavy atom. The van der Waals surface area contributed by atoms with E-state index in [9.17, 15) is 9.59 Å². The quantitative estimate of drug-likeness (QED) is 0.664. The van der Waals surface area contributed by atoms with E-state index < -0.39 is 0 Å². The second-order valence-electron chi connectivity index (χ2n) is 2.73. The highest BCUT2D eigenvalue weighted by atomic mass is 79.9. The summed E-state index contributed by atoms with van der Waals surface area (Å²) in [6.07, 6.45) is 0. The molecule has 0 unspecified atom stereocenters. The highest BCUT2D eigenvalue weighted by Gasteiger charge is 2.06. The van der Waals surface area contributed by atoms with Gasteiger partial charge in [0.25, 0.3) is 11.1 Å². The van der Waals surface area contributed by atoms with Crippen LogP contribution in [-0.4, -0.2) is 10.2 Å². The Morgan fingerprint density at radius 3 is 2.57 bits per heavy atom. The molecule has 2 aromatic rings. The standard InChI is InChI=1S/C8H6BrN3O2/c9-10-5-3-1-2-4-6(5)8(14)12-11-7(4)13/h1-3,10H,(H,11,13)(H,12,14). The Labute approximate surface area is 86.5 Å². The summed E-state index contributed by atoms with van der Waals surface area (Å²) in [5.41, 5.74) is -0.0822. The van der Waals surface area contributed by atoms with Gasteiger partial charge in [0, 0.05) is 16.1 Å². The second-order valence-corrected chi connectivity index (χ2v) is 3.13. The summed E-state index contributed by atoms with van der Waals surface area (Å²) in [4.78, 5) is 22.8. The normalized spacial score (nSPS) is 10.4. The molecule has 6 heteroatoms. The van der Waals surface area contributed by atoms with Gasteiger partial charge in [-0.1, -0.05) is 6.07 Å². The lowest BCUT2D eigenvalue weighted by atomic mass is 10.2. The first-order valence-electron chi connectivity index (χ1n) is 3.84. The summed E-state index contributed by atoms with van der Waals surface area (Å²) < 4.78 is 2.68. The molecule has 0 aliphatic carbocycles. The number of aromatic nitrogens is 2. The van der Waals surface area contributed by atoms with Crippen molar-refractivity contribution in [3.05, 3.63) is 38.9 Å². The molecule has 0 radical (unpaired) electrons. The van der Waals surface area contributed by atoms with Crippen molar-refractivity contribution in [2.75, 3.05) is 4.34 Å². The van der Waals surface area contributed by atoms with Crippen LogP contribution in [0.3, 0.4) is 0 Å². The number of hydrogen-bond acceptors (Lipinski definition) is 3. The number of benzene rings is 1. The van der Waals surface area contributed by atoms with Crippen molar-refractivity contribution in [2.24, 2.45) is 0 Å². The van der Waals surface area contributed by atoms with Gasteiger partial charge in [0.05, 0.1) is 16.5 Å². The van der Waals surface area contributed by atoms with Crippen LogP contribution >= 0.6 is 16.1 Å². The van der Waals surface area contributed by atoms with Crippen molar-refractivity contribution in [1.82, 2.24) is 10.2 Å². The lowest BCUT2D eigenvalue weighted by Gasteiger charge is -2.01. The molecule has 72 valence electrons. The Bertz CT molecular complexity index is 587. The van der Waals surface area contributed by atoms with Gasteiger partial charge < -0.3 is 4.34 Å². The van der Waals surface area contributed by atoms with Crippen molar-refractivity contribution in [1.29, 1.82) is 0 Å². The zero-order valence-corrected chi connectivity index (χ0v) is 8.51. The van der Waals surface area contributed by atoms with Crippen molar-refractivity contribution >= 4 is 32.6 Å². The van der Waals surface area contributed by atoms with Gasteiger partial charge in [0.2, 0.25) is 0 Å². The van der Waals surface area contributed by atoms with E-state index in [1.54, 1.807) is 18.2 Å². The zero-order valence-electron chi connectivity index (χ0n) is 6.93. The van der Waals surface area contributed by atoms with Crippen LogP contribution in [0.25, 0.3) is 10.8 Å². The number of nitrogens with one attached hydrogen (secondary N) is 3. The molecular weight excluding hydrogens is 250 g/mol. The van der Waals surface area contributed by atoms with E-state index in [0.29, 0.717) is 16.5 Å². The Morgan fingerprint density at radius 2 is 1.86 bits per heavy atom. The molecule has 5 nitrogen and oxygen atoms in total.